The van der Waals surface area contributed by atoms with Gasteiger partial charge in [-0.25, -0.2) is 4.79 Å². The lowest BCUT2D eigenvalue weighted by atomic mass is 10.2. The summed E-state index contributed by atoms with van der Waals surface area (Å²) in [5, 5.41) is 8.88. The van der Waals surface area contributed by atoms with Gasteiger partial charge in [-0.3, -0.25) is 0 Å². The maximum atomic E-state index is 10.8. The van der Waals surface area contributed by atoms with Crippen LogP contribution in [0, 0.1) is 0 Å². The van der Waals surface area contributed by atoms with Crippen LogP contribution in [0.3, 0.4) is 0 Å². The number of para-hydroxylation sites is 1. The number of carboxylic acid groups (broad SMARTS) is 1. The number of aliphatic carboxylic acids is 1. The third-order valence-electron chi connectivity index (χ3n) is 2.05. The molecule has 0 heterocycles. The average molecular weight is 218 g/mol. The molecule has 0 aromatic heterocycles. The van der Waals surface area contributed by atoms with Crippen molar-refractivity contribution in [3.63, 3.8) is 0 Å². The molecule has 0 aliphatic rings. The standard InChI is InChI=1S/C13H14O3/c1-3-7-12(10(2)13(14)15)16-11-8-5-4-6-9-11/h3-6,8-9H,1,7H2,2H3,(H,14,15)/b12-10+. The predicted molar refractivity (Wildman–Crippen MR) is 62.2 cm³/mol. The summed E-state index contributed by atoms with van der Waals surface area (Å²) in [6.45, 7) is 5.09. The second-order valence-corrected chi connectivity index (χ2v) is 3.26. The molecule has 0 fully saturated rings. The van der Waals surface area contributed by atoms with Crippen LogP contribution in [0.4, 0.5) is 0 Å². The molecule has 0 atom stereocenters. The highest BCUT2D eigenvalue weighted by molar-refractivity contribution is 5.86. The van der Waals surface area contributed by atoms with Crippen molar-refractivity contribution < 1.29 is 14.6 Å². The molecule has 1 N–H and O–H groups in total. The van der Waals surface area contributed by atoms with Crippen molar-refractivity contribution in [1.82, 2.24) is 0 Å². The van der Waals surface area contributed by atoms with E-state index in [0.717, 1.165) is 0 Å². The molecule has 1 rings (SSSR count). The Bertz CT molecular complexity index is 404. The highest BCUT2D eigenvalue weighted by atomic mass is 16.5. The number of hydrogen-bond donors (Lipinski definition) is 1. The van der Waals surface area contributed by atoms with Crippen LogP contribution in [-0.4, -0.2) is 11.1 Å². The van der Waals surface area contributed by atoms with E-state index in [9.17, 15) is 4.79 Å². The van der Waals surface area contributed by atoms with Crippen molar-refractivity contribution in [1.29, 1.82) is 0 Å². The van der Waals surface area contributed by atoms with Crippen molar-refractivity contribution in [2.45, 2.75) is 13.3 Å². The fraction of sp³-hybridized carbons (Fsp3) is 0.154. The van der Waals surface area contributed by atoms with Gasteiger partial charge in [0, 0.05) is 6.42 Å². The summed E-state index contributed by atoms with van der Waals surface area (Å²) in [5.74, 6) is 0.0569. The van der Waals surface area contributed by atoms with Gasteiger partial charge in [-0.1, -0.05) is 24.3 Å². The van der Waals surface area contributed by atoms with Gasteiger partial charge in [-0.05, 0) is 19.1 Å². The van der Waals surface area contributed by atoms with Gasteiger partial charge in [0.2, 0.25) is 0 Å². The number of rotatable bonds is 5. The van der Waals surface area contributed by atoms with Gasteiger partial charge in [0.1, 0.15) is 11.5 Å². The Hall–Kier alpha value is -2.03. The maximum Gasteiger partial charge on any atom is 0.334 e. The summed E-state index contributed by atoms with van der Waals surface area (Å²) in [7, 11) is 0. The molecule has 3 heteroatoms. The number of hydrogen-bond acceptors (Lipinski definition) is 2. The fourth-order valence-electron chi connectivity index (χ4n) is 1.15. The van der Waals surface area contributed by atoms with Crippen molar-refractivity contribution in [3.05, 3.63) is 54.3 Å². The lowest BCUT2D eigenvalue weighted by Gasteiger charge is -2.10. The SMILES string of the molecule is C=CC/C(Oc1ccccc1)=C(/C)C(=O)O. The molecule has 0 aliphatic carbocycles. The smallest absolute Gasteiger partial charge is 0.334 e. The predicted octanol–water partition coefficient (Wildman–Crippen LogP) is 3.00. The molecule has 0 spiro atoms. The molecule has 0 bridgehead atoms. The Labute approximate surface area is 94.7 Å². The number of carbonyl (C=O) groups is 1. The second-order valence-electron chi connectivity index (χ2n) is 3.26. The minimum absolute atomic E-state index is 0.198. The van der Waals surface area contributed by atoms with E-state index in [1.165, 1.54) is 6.92 Å². The molecule has 0 unspecified atom stereocenters. The Balaban J connectivity index is 2.93. The summed E-state index contributed by atoms with van der Waals surface area (Å²) in [6.07, 6.45) is 2.01. The molecule has 0 radical (unpaired) electrons. The maximum absolute atomic E-state index is 10.8. The number of allylic oxidation sites excluding steroid dienone is 1. The lowest BCUT2D eigenvalue weighted by Crippen LogP contribution is -2.05. The average Bonchev–Trinajstić information content (AvgIpc) is 2.29. The fourth-order valence-corrected chi connectivity index (χ4v) is 1.15. The van der Waals surface area contributed by atoms with Crippen molar-refractivity contribution in [2.75, 3.05) is 0 Å². The van der Waals surface area contributed by atoms with Gasteiger partial charge in [0.25, 0.3) is 0 Å². The molecular weight excluding hydrogens is 204 g/mol. The van der Waals surface area contributed by atoms with E-state index < -0.39 is 5.97 Å². The summed E-state index contributed by atoms with van der Waals surface area (Å²) < 4.78 is 5.51. The lowest BCUT2D eigenvalue weighted by molar-refractivity contribution is -0.132. The highest BCUT2D eigenvalue weighted by Crippen LogP contribution is 2.18. The molecule has 0 saturated heterocycles. The van der Waals surface area contributed by atoms with Gasteiger partial charge in [-0.15, -0.1) is 6.58 Å². The van der Waals surface area contributed by atoms with E-state index in [1.54, 1.807) is 18.2 Å². The minimum atomic E-state index is -0.979. The molecule has 0 aliphatic heterocycles. The largest absolute Gasteiger partial charge is 0.478 e. The van der Waals surface area contributed by atoms with E-state index in [2.05, 4.69) is 6.58 Å². The van der Waals surface area contributed by atoms with Crippen molar-refractivity contribution >= 4 is 5.97 Å². The third kappa shape index (κ3) is 3.28. The number of ether oxygens (including phenoxy) is 1. The Morgan fingerprint density at radius 3 is 2.56 bits per heavy atom. The second kappa shape index (κ2) is 5.75. The van der Waals surface area contributed by atoms with E-state index >= 15 is 0 Å². The Morgan fingerprint density at radius 1 is 1.44 bits per heavy atom. The van der Waals surface area contributed by atoms with Crippen LogP contribution in [0.25, 0.3) is 0 Å². The zero-order chi connectivity index (χ0) is 12.0. The van der Waals surface area contributed by atoms with Crippen LogP contribution in [0.5, 0.6) is 5.75 Å². The normalized spacial score (nSPS) is 11.6. The van der Waals surface area contributed by atoms with Crippen LogP contribution < -0.4 is 4.74 Å². The third-order valence-corrected chi connectivity index (χ3v) is 2.05. The van der Waals surface area contributed by atoms with Crippen LogP contribution in [0.2, 0.25) is 0 Å². The van der Waals surface area contributed by atoms with Crippen molar-refractivity contribution in [3.8, 4) is 5.75 Å². The Kier molecular flexibility index (Phi) is 4.33. The van der Waals surface area contributed by atoms with Gasteiger partial charge in [-0.2, -0.15) is 0 Å². The van der Waals surface area contributed by atoms with Crippen LogP contribution >= 0.6 is 0 Å². The molecule has 0 amide bonds. The number of benzene rings is 1. The van der Waals surface area contributed by atoms with Gasteiger partial charge in [0.05, 0.1) is 5.57 Å². The van der Waals surface area contributed by atoms with Crippen LogP contribution in [-0.2, 0) is 4.79 Å². The topological polar surface area (TPSA) is 46.5 Å². The minimum Gasteiger partial charge on any atom is -0.478 e. The first kappa shape index (κ1) is 12.0. The van der Waals surface area contributed by atoms with E-state index in [-0.39, 0.29) is 5.57 Å². The van der Waals surface area contributed by atoms with Gasteiger partial charge < -0.3 is 9.84 Å². The van der Waals surface area contributed by atoms with Crippen molar-refractivity contribution in [2.24, 2.45) is 0 Å². The van der Waals surface area contributed by atoms with Gasteiger partial charge in [0.15, 0.2) is 0 Å². The molecule has 84 valence electrons. The summed E-state index contributed by atoms with van der Waals surface area (Å²) in [5.41, 5.74) is 0.198. The zero-order valence-corrected chi connectivity index (χ0v) is 9.14. The molecule has 3 nitrogen and oxygen atoms in total. The Morgan fingerprint density at radius 2 is 2.06 bits per heavy atom. The quantitative estimate of drug-likeness (QED) is 0.469. The molecule has 1 aromatic rings. The van der Waals surface area contributed by atoms with Crippen LogP contribution in [0.15, 0.2) is 54.3 Å². The first-order valence-corrected chi connectivity index (χ1v) is 4.92. The summed E-state index contributed by atoms with van der Waals surface area (Å²) >= 11 is 0. The van der Waals surface area contributed by atoms with E-state index in [0.29, 0.717) is 17.9 Å². The first-order chi connectivity index (χ1) is 7.65. The molecular formula is C13H14O3. The van der Waals surface area contributed by atoms with E-state index in [1.807, 2.05) is 18.2 Å². The zero-order valence-electron chi connectivity index (χ0n) is 9.14. The monoisotopic (exact) mass is 218 g/mol. The summed E-state index contributed by atoms with van der Waals surface area (Å²) in [4.78, 5) is 10.8. The summed E-state index contributed by atoms with van der Waals surface area (Å²) in [6, 6.07) is 9.08. The number of carboxylic acids is 1. The highest BCUT2D eigenvalue weighted by Gasteiger charge is 2.10. The molecule has 16 heavy (non-hydrogen) atoms. The molecule has 0 saturated carbocycles. The van der Waals surface area contributed by atoms with Gasteiger partial charge >= 0.3 is 5.97 Å². The van der Waals surface area contributed by atoms with Crippen LogP contribution in [0.1, 0.15) is 13.3 Å². The molecule has 1 aromatic carbocycles. The van der Waals surface area contributed by atoms with E-state index in [4.69, 9.17) is 9.84 Å². The first-order valence-electron chi connectivity index (χ1n) is 4.92.